The van der Waals surface area contributed by atoms with Crippen LogP contribution in [0.2, 0.25) is 0 Å². The molecule has 0 unspecified atom stereocenters. The maximum atomic E-state index is 12.2. The summed E-state index contributed by atoms with van der Waals surface area (Å²) in [7, 11) is -3.60. The maximum absolute atomic E-state index is 12.2. The molecule has 0 aliphatic carbocycles. The van der Waals surface area contributed by atoms with Crippen molar-refractivity contribution in [3.8, 4) is 0 Å². The Bertz CT molecular complexity index is 754. The molecule has 22 heavy (non-hydrogen) atoms. The van der Waals surface area contributed by atoms with Crippen molar-refractivity contribution in [2.24, 2.45) is 5.73 Å². The summed E-state index contributed by atoms with van der Waals surface area (Å²) in [5.41, 5.74) is 6.53. The van der Waals surface area contributed by atoms with E-state index >= 15 is 0 Å². The van der Waals surface area contributed by atoms with Crippen LogP contribution in [0, 0.1) is 6.92 Å². The Kier molecular flexibility index (Phi) is 5.10. The van der Waals surface area contributed by atoms with E-state index in [2.05, 4.69) is 4.72 Å². The number of sulfonamides is 1. The van der Waals surface area contributed by atoms with Crippen molar-refractivity contribution in [1.82, 2.24) is 0 Å². The van der Waals surface area contributed by atoms with Crippen LogP contribution in [0.3, 0.4) is 0 Å². The molecule has 0 saturated carbocycles. The number of thioether (sulfide) groups is 1. The van der Waals surface area contributed by atoms with Crippen LogP contribution in [0.15, 0.2) is 58.3 Å². The summed E-state index contributed by atoms with van der Waals surface area (Å²) in [6, 6.07) is 13.4. The first-order valence-corrected chi connectivity index (χ1v) is 8.94. The lowest BCUT2D eigenvalue weighted by molar-refractivity contribution is -0.115. The van der Waals surface area contributed by atoms with Gasteiger partial charge in [0.1, 0.15) is 0 Å². The van der Waals surface area contributed by atoms with Gasteiger partial charge in [-0.1, -0.05) is 17.7 Å². The van der Waals surface area contributed by atoms with E-state index in [-0.39, 0.29) is 10.6 Å². The second-order valence-corrected chi connectivity index (χ2v) is 7.43. The van der Waals surface area contributed by atoms with Gasteiger partial charge < -0.3 is 5.73 Å². The number of carbonyl (C=O) groups excluding carboxylic acids is 1. The van der Waals surface area contributed by atoms with Crippen LogP contribution in [0.1, 0.15) is 5.56 Å². The van der Waals surface area contributed by atoms with Gasteiger partial charge in [0, 0.05) is 10.6 Å². The number of amides is 1. The van der Waals surface area contributed by atoms with Gasteiger partial charge in [0.2, 0.25) is 5.91 Å². The van der Waals surface area contributed by atoms with E-state index in [1.54, 1.807) is 48.5 Å². The summed E-state index contributed by atoms with van der Waals surface area (Å²) in [6.07, 6.45) is 0. The molecule has 0 heterocycles. The molecule has 5 nitrogen and oxygen atoms in total. The minimum absolute atomic E-state index is 0.189. The third-order valence-corrected chi connectivity index (χ3v) is 5.25. The van der Waals surface area contributed by atoms with Crippen molar-refractivity contribution < 1.29 is 13.2 Å². The number of primary amides is 1. The molecular weight excluding hydrogens is 320 g/mol. The Hall–Kier alpha value is -1.99. The Morgan fingerprint density at radius 2 is 1.68 bits per heavy atom. The molecule has 0 spiro atoms. The summed E-state index contributed by atoms with van der Waals surface area (Å²) in [6.45, 7) is 1.90. The molecule has 0 atom stereocenters. The van der Waals surface area contributed by atoms with Crippen molar-refractivity contribution in [2.45, 2.75) is 16.7 Å². The van der Waals surface area contributed by atoms with Gasteiger partial charge in [-0.2, -0.15) is 0 Å². The number of carbonyl (C=O) groups is 1. The zero-order valence-electron chi connectivity index (χ0n) is 11.9. The average Bonchev–Trinajstić information content (AvgIpc) is 2.46. The highest BCUT2D eigenvalue weighted by Crippen LogP contribution is 2.22. The zero-order valence-corrected chi connectivity index (χ0v) is 13.6. The van der Waals surface area contributed by atoms with Crippen molar-refractivity contribution in [1.29, 1.82) is 0 Å². The topological polar surface area (TPSA) is 89.3 Å². The summed E-state index contributed by atoms with van der Waals surface area (Å²) in [5, 5.41) is 0. The van der Waals surface area contributed by atoms with E-state index in [0.717, 1.165) is 10.5 Å². The predicted octanol–water partition coefficient (Wildman–Crippen LogP) is 2.37. The van der Waals surface area contributed by atoms with Gasteiger partial charge in [-0.15, -0.1) is 11.8 Å². The summed E-state index contributed by atoms with van der Waals surface area (Å²) in [5.74, 6) is -0.205. The first kappa shape index (κ1) is 16.4. The van der Waals surface area contributed by atoms with Gasteiger partial charge in [-0.3, -0.25) is 9.52 Å². The van der Waals surface area contributed by atoms with E-state index in [1.165, 1.54) is 11.8 Å². The molecule has 0 aliphatic heterocycles. The van der Waals surface area contributed by atoms with Crippen LogP contribution in [0.25, 0.3) is 0 Å². The lowest BCUT2D eigenvalue weighted by atomic mass is 10.2. The van der Waals surface area contributed by atoms with Crippen molar-refractivity contribution in [2.75, 3.05) is 10.5 Å². The summed E-state index contributed by atoms with van der Waals surface area (Å²) < 4.78 is 27.0. The van der Waals surface area contributed by atoms with Crippen molar-refractivity contribution >= 4 is 33.4 Å². The van der Waals surface area contributed by atoms with E-state index in [9.17, 15) is 13.2 Å². The summed E-state index contributed by atoms with van der Waals surface area (Å²) >= 11 is 1.30. The Morgan fingerprint density at radius 1 is 1.09 bits per heavy atom. The zero-order chi connectivity index (χ0) is 16.2. The minimum Gasteiger partial charge on any atom is -0.369 e. The number of benzene rings is 2. The first-order chi connectivity index (χ1) is 10.4. The molecule has 1 amide bonds. The van der Waals surface area contributed by atoms with Gasteiger partial charge in [0.15, 0.2) is 0 Å². The summed E-state index contributed by atoms with van der Waals surface area (Å²) in [4.78, 5) is 11.8. The quantitative estimate of drug-likeness (QED) is 0.793. The normalized spacial score (nSPS) is 11.1. The van der Waals surface area contributed by atoms with E-state index in [0.29, 0.717) is 5.69 Å². The molecule has 7 heteroatoms. The molecule has 0 radical (unpaired) electrons. The maximum Gasteiger partial charge on any atom is 0.261 e. The number of nitrogens with two attached hydrogens (primary N) is 1. The Labute approximate surface area is 134 Å². The predicted molar refractivity (Wildman–Crippen MR) is 88.3 cm³/mol. The highest BCUT2D eigenvalue weighted by molar-refractivity contribution is 8.00. The molecule has 0 bridgehead atoms. The molecule has 116 valence electrons. The highest BCUT2D eigenvalue weighted by atomic mass is 32.2. The lowest BCUT2D eigenvalue weighted by Gasteiger charge is -2.09. The molecule has 2 aromatic rings. The number of rotatable bonds is 6. The Morgan fingerprint density at radius 3 is 2.23 bits per heavy atom. The third-order valence-electron chi connectivity index (χ3n) is 2.82. The molecule has 0 saturated heterocycles. The van der Waals surface area contributed by atoms with Crippen molar-refractivity contribution in [3.63, 3.8) is 0 Å². The van der Waals surface area contributed by atoms with Crippen LogP contribution in [0.4, 0.5) is 5.69 Å². The van der Waals surface area contributed by atoms with Gasteiger partial charge in [-0.05, 0) is 43.3 Å². The number of anilines is 1. The molecule has 0 aliphatic rings. The second-order valence-electron chi connectivity index (χ2n) is 4.70. The number of aryl methyl sites for hydroxylation is 1. The van der Waals surface area contributed by atoms with Gasteiger partial charge >= 0.3 is 0 Å². The van der Waals surface area contributed by atoms with E-state index < -0.39 is 15.9 Å². The fourth-order valence-corrected chi connectivity index (χ4v) is 3.40. The minimum atomic E-state index is -3.60. The molecule has 0 fully saturated rings. The van der Waals surface area contributed by atoms with Crippen LogP contribution in [-0.4, -0.2) is 20.1 Å². The molecule has 2 aromatic carbocycles. The molecule has 2 rings (SSSR count). The molecule has 3 N–H and O–H groups in total. The van der Waals surface area contributed by atoms with E-state index in [1.807, 2.05) is 6.92 Å². The third kappa shape index (κ3) is 4.51. The number of hydrogen-bond donors (Lipinski definition) is 2. The first-order valence-electron chi connectivity index (χ1n) is 6.47. The fourth-order valence-electron chi connectivity index (χ4n) is 1.71. The lowest BCUT2D eigenvalue weighted by Crippen LogP contribution is -2.13. The second kappa shape index (κ2) is 6.85. The van der Waals surface area contributed by atoms with Gasteiger partial charge in [-0.25, -0.2) is 8.42 Å². The highest BCUT2D eigenvalue weighted by Gasteiger charge is 2.13. The monoisotopic (exact) mass is 336 g/mol. The van der Waals surface area contributed by atoms with E-state index in [4.69, 9.17) is 5.73 Å². The van der Waals surface area contributed by atoms with Crippen LogP contribution in [-0.2, 0) is 14.8 Å². The van der Waals surface area contributed by atoms with Crippen molar-refractivity contribution in [3.05, 3.63) is 54.1 Å². The molecule has 0 aromatic heterocycles. The van der Waals surface area contributed by atoms with Gasteiger partial charge in [0.05, 0.1) is 10.6 Å². The van der Waals surface area contributed by atoms with Crippen LogP contribution < -0.4 is 10.5 Å². The number of nitrogens with one attached hydrogen (secondary N) is 1. The standard InChI is InChI=1S/C15H16N2O3S2/c1-11-2-8-14(9-3-11)22(19,20)17-12-4-6-13(7-5-12)21-10-15(16)18/h2-9,17H,10H2,1H3,(H2,16,18). The fraction of sp³-hybridized carbons (Fsp3) is 0.133. The Balaban J connectivity index is 2.09. The SMILES string of the molecule is Cc1ccc(S(=O)(=O)Nc2ccc(SCC(N)=O)cc2)cc1. The van der Waals surface area contributed by atoms with Gasteiger partial charge in [0.25, 0.3) is 10.0 Å². The average molecular weight is 336 g/mol. The van der Waals surface area contributed by atoms with Crippen LogP contribution in [0.5, 0.6) is 0 Å². The van der Waals surface area contributed by atoms with Crippen LogP contribution >= 0.6 is 11.8 Å². The number of hydrogen-bond acceptors (Lipinski definition) is 4. The smallest absolute Gasteiger partial charge is 0.261 e. The largest absolute Gasteiger partial charge is 0.369 e. The molecular formula is C15H16N2O3S2.